The van der Waals surface area contributed by atoms with Gasteiger partial charge in [0.05, 0.1) is 12.6 Å². The fourth-order valence-corrected chi connectivity index (χ4v) is 2.07. The predicted molar refractivity (Wildman–Crippen MR) is 71.6 cm³/mol. The molecule has 18 heavy (non-hydrogen) atoms. The van der Waals surface area contributed by atoms with Gasteiger partial charge in [-0.3, -0.25) is 0 Å². The van der Waals surface area contributed by atoms with E-state index >= 15 is 0 Å². The number of likely N-dealkylation sites (N-methyl/N-ethyl adjacent to an activating group) is 1. The van der Waals surface area contributed by atoms with Crippen LogP contribution in [0.3, 0.4) is 0 Å². The van der Waals surface area contributed by atoms with Crippen LogP contribution in [0.2, 0.25) is 0 Å². The lowest BCUT2D eigenvalue weighted by atomic mass is 10.1. The molecule has 1 aliphatic heterocycles. The van der Waals surface area contributed by atoms with Crippen LogP contribution in [-0.4, -0.2) is 42.3 Å². The summed E-state index contributed by atoms with van der Waals surface area (Å²) in [6.07, 6.45) is 6.62. The largest absolute Gasteiger partial charge is 0.379 e. The molecule has 1 aliphatic rings. The molecule has 0 aliphatic carbocycles. The molecule has 0 radical (unpaired) electrons. The highest BCUT2D eigenvalue weighted by atomic mass is 16.5. The second-order valence-corrected chi connectivity index (χ2v) is 4.89. The molecule has 1 saturated heterocycles. The van der Waals surface area contributed by atoms with E-state index in [9.17, 15) is 0 Å². The molecule has 0 aromatic carbocycles. The van der Waals surface area contributed by atoms with Gasteiger partial charge in [0.25, 0.3) is 0 Å². The zero-order valence-corrected chi connectivity index (χ0v) is 11.2. The Morgan fingerprint density at radius 1 is 1.50 bits per heavy atom. The van der Waals surface area contributed by atoms with Crippen LogP contribution in [0.5, 0.6) is 0 Å². The van der Waals surface area contributed by atoms with Crippen molar-refractivity contribution in [2.24, 2.45) is 5.73 Å². The molecule has 0 spiro atoms. The van der Waals surface area contributed by atoms with Crippen molar-refractivity contribution >= 4 is 5.95 Å². The first-order chi connectivity index (χ1) is 8.70. The van der Waals surface area contributed by atoms with Gasteiger partial charge in [0.1, 0.15) is 0 Å². The average Bonchev–Trinajstić information content (AvgIpc) is 2.92. The van der Waals surface area contributed by atoms with Gasteiger partial charge in [0, 0.05) is 32.1 Å². The van der Waals surface area contributed by atoms with Gasteiger partial charge >= 0.3 is 0 Å². The van der Waals surface area contributed by atoms with E-state index in [1.54, 1.807) is 0 Å². The van der Waals surface area contributed by atoms with Gasteiger partial charge in [0.15, 0.2) is 0 Å². The Bertz CT molecular complexity index is 362. The van der Waals surface area contributed by atoms with Crippen LogP contribution in [0, 0.1) is 0 Å². The monoisotopic (exact) mass is 250 g/mol. The van der Waals surface area contributed by atoms with E-state index in [1.807, 2.05) is 19.4 Å². The molecular weight excluding hydrogens is 228 g/mol. The molecule has 2 rings (SSSR count). The number of hydrogen-bond acceptors (Lipinski definition) is 5. The van der Waals surface area contributed by atoms with Gasteiger partial charge < -0.3 is 15.4 Å². The zero-order chi connectivity index (χ0) is 13.0. The highest BCUT2D eigenvalue weighted by molar-refractivity contribution is 5.30. The summed E-state index contributed by atoms with van der Waals surface area (Å²) in [5.74, 6) is 0.763. The standard InChI is InChI=1S/C13H22N4O/c1-3-11(14)6-10-7-15-13(16-8-10)17(2)12-4-5-18-9-12/h7-8,11-12H,3-6,9,14H2,1-2H3. The molecule has 2 heterocycles. The number of hydrogen-bond donors (Lipinski definition) is 1. The summed E-state index contributed by atoms with van der Waals surface area (Å²) in [5, 5.41) is 0. The summed E-state index contributed by atoms with van der Waals surface area (Å²) in [5.41, 5.74) is 7.02. The molecule has 2 atom stereocenters. The van der Waals surface area contributed by atoms with Crippen LogP contribution < -0.4 is 10.6 Å². The topological polar surface area (TPSA) is 64.3 Å². The first kappa shape index (κ1) is 13.2. The maximum absolute atomic E-state index is 5.92. The molecular formula is C13H22N4O. The molecule has 5 heteroatoms. The smallest absolute Gasteiger partial charge is 0.225 e. The molecule has 1 aromatic heterocycles. The van der Waals surface area contributed by atoms with E-state index in [4.69, 9.17) is 10.5 Å². The zero-order valence-electron chi connectivity index (χ0n) is 11.2. The van der Waals surface area contributed by atoms with Gasteiger partial charge in [-0.2, -0.15) is 0 Å². The van der Waals surface area contributed by atoms with E-state index in [0.717, 1.165) is 44.0 Å². The minimum atomic E-state index is 0.195. The Kier molecular flexibility index (Phi) is 4.49. The fourth-order valence-electron chi connectivity index (χ4n) is 2.07. The van der Waals surface area contributed by atoms with Crippen molar-refractivity contribution in [2.45, 2.75) is 38.3 Å². The van der Waals surface area contributed by atoms with E-state index < -0.39 is 0 Å². The maximum Gasteiger partial charge on any atom is 0.225 e. The molecule has 2 unspecified atom stereocenters. The third-order valence-corrected chi connectivity index (χ3v) is 3.48. The number of nitrogens with two attached hydrogens (primary N) is 1. The van der Waals surface area contributed by atoms with E-state index in [0.29, 0.717) is 6.04 Å². The third kappa shape index (κ3) is 3.17. The molecule has 0 amide bonds. The van der Waals surface area contributed by atoms with Crippen molar-refractivity contribution < 1.29 is 4.74 Å². The number of nitrogens with zero attached hydrogens (tertiary/aromatic N) is 3. The molecule has 5 nitrogen and oxygen atoms in total. The second-order valence-electron chi connectivity index (χ2n) is 4.89. The van der Waals surface area contributed by atoms with Crippen molar-refractivity contribution in [1.29, 1.82) is 0 Å². The van der Waals surface area contributed by atoms with Crippen molar-refractivity contribution in [2.75, 3.05) is 25.2 Å². The average molecular weight is 250 g/mol. The minimum absolute atomic E-state index is 0.195. The highest BCUT2D eigenvalue weighted by Crippen LogP contribution is 2.16. The number of rotatable bonds is 5. The van der Waals surface area contributed by atoms with Gasteiger partial charge in [-0.15, -0.1) is 0 Å². The first-order valence-corrected chi connectivity index (χ1v) is 6.57. The maximum atomic E-state index is 5.92. The summed E-state index contributed by atoms with van der Waals surface area (Å²) in [7, 11) is 2.02. The number of ether oxygens (including phenoxy) is 1. The Balaban J connectivity index is 1.98. The number of anilines is 1. The van der Waals surface area contributed by atoms with E-state index in [-0.39, 0.29) is 6.04 Å². The van der Waals surface area contributed by atoms with Crippen LogP contribution in [-0.2, 0) is 11.2 Å². The first-order valence-electron chi connectivity index (χ1n) is 6.57. The molecule has 2 N–H and O–H groups in total. The van der Waals surface area contributed by atoms with Gasteiger partial charge in [-0.05, 0) is 24.8 Å². The lowest BCUT2D eigenvalue weighted by Crippen LogP contribution is -2.33. The van der Waals surface area contributed by atoms with Crippen molar-refractivity contribution in [1.82, 2.24) is 9.97 Å². The van der Waals surface area contributed by atoms with E-state index in [1.165, 1.54) is 0 Å². The molecule has 1 fully saturated rings. The van der Waals surface area contributed by atoms with Crippen LogP contribution in [0.4, 0.5) is 5.95 Å². The Morgan fingerprint density at radius 2 is 2.22 bits per heavy atom. The van der Waals surface area contributed by atoms with Crippen molar-refractivity contribution in [3.8, 4) is 0 Å². The van der Waals surface area contributed by atoms with Gasteiger partial charge in [0.2, 0.25) is 5.95 Å². The Hall–Kier alpha value is -1.20. The van der Waals surface area contributed by atoms with Crippen LogP contribution in [0.1, 0.15) is 25.3 Å². The quantitative estimate of drug-likeness (QED) is 0.844. The molecule has 0 saturated carbocycles. The molecule has 0 bridgehead atoms. The molecule has 1 aromatic rings. The van der Waals surface area contributed by atoms with Gasteiger partial charge in [-0.1, -0.05) is 6.92 Å². The van der Waals surface area contributed by atoms with Crippen molar-refractivity contribution in [3.05, 3.63) is 18.0 Å². The summed E-state index contributed by atoms with van der Waals surface area (Å²) in [6.45, 7) is 3.69. The Morgan fingerprint density at radius 3 is 2.78 bits per heavy atom. The van der Waals surface area contributed by atoms with E-state index in [2.05, 4.69) is 21.8 Å². The lowest BCUT2D eigenvalue weighted by Gasteiger charge is -2.23. The highest BCUT2D eigenvalue weighted by Gasteiger charge is 2.22. The molecule has 100 valence electrons. The summed E-state index contributed by atoms with van der Waals surface area (Å²) < 4.78 is 5.38. The fraction of sp³-hybridized carbons (Fsp3) is 0.692. The normalized spacial score (nSPS) is 20.9. The Labute approximate surface area is 108 Å². The predicted octanol–water partition coefficient (Wildman–Crippen LogP) is 0.981. The lowest BCUT2D eigenvalue weighted by molar-refractivity contribution is 0.193. The van der Waals surface area contributed by atoms with Crippen LogP contribution in [0.25, 0.3) is 0 Å². The van der Waals surface area contributed by atoms with Gasteiger partial charge in [-0.25, -0.2) is 9.97 Å². The third-order valence-electron chi connectivity index (χ3n) is 3.48. The summed E-state index contributed by atoms with van der Waals surface area (Å²) in [6, 6.07) is 0.592. The number of aromatic nitrogens is 2. The summed E-state index contributed by atoms with van der Waals surface area (Å²) in [4.78, 5) is 10.9. The second kappa shape index (κ2) is 6.11. The summed E-state index contributed by atoms with van der Waals surface area (Å²) >= 11 is 0. The van der Waals surface area contributed by atoms with Crippen LogP contribution in [0.15, 0.2) is 12.4 Å². The van der Waals surface area contributed by atoms with Crippen LogP contribution >= 0.6 is 0 Å². The SMILES string of the molecule is CCC(N)Cc1cnc(N(C)C2CCOC2)nc1. The minimum Gasteiger partial charge on any atom is -0.379 e. The van der Waals surface area contributed by atoms with Crippen molar-refractivity contribution in [3.63, 3.8) is 0 Å².